The second kappa shape index (κ2) is 9.43. The molecule has 0 saturated carbocycles. The lowest BCUT2D eigenvalue weighted by Crippen LogP contribution is -2.48. The highest BCUT2D eigenvalue weighted by atomic mass is 16.5. The van der Waals surface area contributed by atoms with Crippen molar-refractivity contribution in [2.24, 2.45) is 0 Å². The summed E-state index contributed by atoms with van der Waals surface area (Å²) in [6.07, 6.45) is 0. The molecule has 0 fully saturated rings. The van der Waals surface area contributed by atoms with Gasteiger partial charge >= 0.3 is 0 Å². The van der Waals surface area contributed by atoms with E-state index in [1.54, 1.807) is 48.5 Å². The zero-order valence-electron chi connectivity index (χ0n) is 14.7. The smallest absolute Gasteiger partial charge is 0.251 e. The lowest BCUT2D eigenvalue weighted by Gasteiger charge is -2.17. The van der Waals surface area contributed by atoms with Crippen molar-refractivity contribution in [2.45, 2.75) is 12.6 Å². The largest absolute Gasteiger partial charge is 0.493 e. The van der Waals surface area contributed by atoms with Gasteiger partial charge in [-0.25, -0.2) is 0 Å². The van der Waals surface area contributed by atoms with Gasteiger partial charge in [0.15, 0.2) is 11.5 Å². The molecule has 0 aliphatic carbocycles. The van der Waals surface area contributed by atoms with Crippen molar-refractivity contribution in [3.63, 3.8) is 0 Å². The third kappa shape index (κ3) is 4.73. The summed E-state index contributed by atoms with van der Waals surface area (Å²) in [5, 5.41) is 14.6. The van der Waals surface area contributed by atoms with E-state index >= 15 is 0 Å². The minimum absolute atomic E-state index is 0.164. The maximum Gasteiger partial charge on any atom is 0.251 e. The number of ether oxygens (including phenoxy) is 2. The Morgan fingerprint density at radius 3 is 2.38 bits per heavy atom. The van der Waals surface area contributed by atoms with E-state index in [9.17, 15) is 14.7 Å². The van der Waals surface area contributed by atoms with Crippen LogP contribution in [-0.4, -0.2) is 43.8 Å². The Bertz CT molecular complexity index is 749. The minimum Gasteiger partial charge on any atom is -0.493 e. The summed E-state index contributed by atoms with van der Waals surface area (Å²) in [6.45, 7) is -0.351. The van der Waals surface area contributed by atoms with Crippen molar-refractivity contribution in [1.82, 2.24) is 10.6 Å². The number of carbonyl (C=O) groups is 2. The Balaban J connectivity index is 2.00. The number of aliphatic hydroxyl groups is 1. The van der Waals surface area contributed by atoms with Crippen LogP contribution in [0.25, 0.3) is 0 Å². The Hall–Kier alpha value is -3.06. The van der Waals surface area contributed by atoms with Gasteiger partial charge in [-0.3, -0.25) is 9.59 Å². The predicted octanol–water partition coefficient (Wildman–Crippen LogP) is 1.11. The van der Waals surface area contributed by atoms with Crippen molar-refractivity contribution < 1.29 is 24.2 Å². The summed E-state index contributed by atoms with van der Waals surface area (Å²) in [4.78, 5) is 24.4. The van der Waals surface area contributed by atoms with Crippen LogP contribution in [0.15, 0.2) is 48.5 Å². The molecule has 0 heterocycles. The van der Waals surface area contributed by atoms with Gasteiger partial charge in [-0.05, 0) is 18.2 Å². The van der Waals surface area contributed by atoms with Crippen molar-refractivity contribution in [3.05, 3.63) is 59.7 Å². The van der Waals surface area contributed by atoms with E-state index in [1.807, 2.05) is 0 Å². The molecule has 0 aromatic heterocycles. The molecule has 0 aliphatic rings. The van der Waals surface area contributed by atoms with Gasteiger partial charge in [0.2, 0.25) is 5.91 Å². The second-order valence-electron chi connectivity index (χ2n) is 5.45. The van der Waals surface area contributed by atoms with E-state index < -0.39 is 24.5 Å². The highest BCUT2D eigenvalue weighted by Gasteiger charge is 2.21. The molecule has 0 spiro atoms. The fraction of sp³-hybridized carbons (Fsp3) is 0.263. The maximum atomic E-state index is 12.3. The fourth-order valence-electron chi connectivity index (χ4n) is 2.42. The molecule has 2 rings (SSSR count). The number of methoxy groups -OCH3 is 2. The predicted molar refractivity (Wildman–Crippen MR) is 96.2 cm³/mol. The molecule has 7 nitrogen and oxygen atoms in total. The first kappa shape index (κ1) is 19.3. The maximum absolute atomic E-state index is 12.3. The molecule has 0 aliphatic heterocycles. The van der Waals surface area contributed by atoms with Crippen molar-refractivity contribution in [1.29, 1.82) is 0 Å². The number of para-hydroxylation sites is 1. The fourth-order valence-corrected chi connectivity index (χ4v) is 2.42. The van der Waals surface area contributed by atoms with Gasteiger partial charge in [-0.1, -0.05) is 30.3 Å². The number of rotatable bonds is 8. The van der Waals surface area contributed by atoms with E-state index in [-0.39, 0.29) is 6.54 Å². The summed E-state index contributed by atoms with van der Waals surface area (Å²) < 4.78 is 10.5. The summed E-state index contributed by atoms with van der Waals surface area (Å²) in [5.41, 5.74) is 1.12. The van der Waals surface area contributed by atoms with Crippen LogP contribution in [0.2, 0.25) is 0 Å². The molecule has 138 valence electrons. The number of nitrogens with one attached hydrogen (secondary N) is 2. The van der Waals surface area contributed by atoms with Crippen LogP contribution >= 0.6 is 0 Å². The van der Waals surface area contributed by atoms with Crippen LogP contribution in [-0.2, 0) is 11.3 Å². The monoisotopic (exact) mass is 358 g/mol. The summed E-state index contributed by atoms with van der Waals surface area (Å²) in [5.74, 6) is 0.139. The van der Waals surface area contributed by atoms with Crippen LogP contribution in [0.5, 0.6) is 11.5 Å². The van der Waals surface area contributed by atoms with Crippen molar-refractivity contribution >= 4 is 11.8 Å². The van der Waals surface area contributed by atoms with Gasteiger partial charge in [-0.2, -0.15) is 0 Å². The Morgan fingerprint density at radius 2 is 1.77 bits per heavy atom. The normalized spacial score (nSPS) is 11.3. The molecule has 0 radical (unpaired) electrons. The summed E-state index contributed by atoms with van der Waals surface area (Å²) >= 11 is 0. The van der Waals surface area contributed by atoms with Gasteiger partial charge < -0.3 is 25.2 Å². The highest BCUT2D eigenvalue weighted by Crippen LogP contribution is 2.30. The number of amides is 2. The number of aliphatic hydroxyl groups excluding tert-OH is 1. The average molecular weight is 358 g/mol. The lowest BCUT2D eigenvalue weighted by molar-refractivity contribution is -0.124. The van der Waals surface area contributed by atoms with Crippen LogP contribution in [0.4, 0.5) is 0 Å². The highest BCUT2D eigenvalue weighted by molar-refractivity contribution is 5.97. The molecule has 0 saturated heterocycles. The van der Waals surface area contributed by atoms with Gasteiger partial charge in [-0.15, -0.1) is 0 Å². The Labute approximate surface area is 151 Å². The molecule has 0 bridgehead atoms. The lowest BCUT2D eigenvalue weighted by atomic mass is 10.1. The molecule has 26 heavy (non-hydrogen) atoms. The number of benzene rings is 2. The summed E-state index contributed by atoms with van der Waals surface area (Å²) in [6, 6.07) is 12.7. The molecule has 2 aromatic carbocycles. The van der Waals surface area contributed by atoms with Gasteiger partial charge in [0.1, 0.15) is 6.04 Å². The third-order valence-electron chi connectivity index (χ3n) is 3.78. The minimum atomic E-state index is -1.06. The van der Waals surface area contributed by atoms with E-state index in [4.69, 9.17) is 9.47 Å². The summed E-state index contributed by atoms with van der Waals surface area (Å²) in [7, 11) is 3.04. The topological polar surface area (TPSA) is 96.9 Å². The van der Waals surface area contributed by atoms with E-state index in [0.29, 0.717) is 22.6 Å². The van der Waals surface area contributed by atoms with E-state index in [2.05, 4.69) is 10.6 Å². The molecular weight excluding hydrogens is 336 g/mol. The quantitative estimate of drug-likeness (QED) is 0.657. The zero-order valence-corrected chi connectivity index (χ0v) is 14.7. The second-order valence-corrected chi connectivity index (χ2v) is 5.45. The van der Waals surface area contributed by atoms with Gasteiger partial charge in [0, 0.05) is 17.7 Å². The Morgan fingerprint density at radius 1 is 1.04 bits per heavy atom. The zero-order chi connectivity index (χ0) is 18.9. The van der Waals surface area contributed by atoms with Crippen molar-refractivity contribution in [2.75, 3.05) is 20.8 Å². The van der Waals surface area contributed by atoms with E-state index in [1.165, 1.54) is 14.2 Å². The molecule has 3 N–H and O–H groups in total. The first-order valence-corrected chi connectivity index (χ1v) is 8.05. The molecule has 7 heteroatoms. The molecule has 1 unspecified atom stereocenters. The van der Waals surface area contributed by atoms with Crippen LogP contribution in [0.3, 0.4) is 0 Å². The number of carbonyl (C=O) groups excluding carboxylic acids is 2. The number of hydrogen-bond donors (Lipinski definition) is 3. The van der Waals surface area contributed by atoms with Crippen LogP contribution in [0.1, 0.15) is 15.9 Å². The van der Waals surface area contributed by atoms with E-state index in [0.717, 1.165) is 0 Å². The third-order valence-corrected chi connectivity index (χ3v) is 3.78. The van der Waals surface area contributed by atoms with Crippen molar-refractivity contribution in [3.8, 4) is 11.5 Å². The number of hydrogen-bond acceptors (Lipinski definition) is 5. The standard InChI is InChI=1S/C19H22N2O5/c1-25-16-10-6-9-14(17(16)26-2)11-20-19(24)15(12-22)21-18(23)13-7-4-3-5-8-13/h3-10,15,22H,11-12H2,1-2H3,(H,20,24)(H,21,23). The average Bonchev–Trinajstić information content (AvgIpc) is 2.70. The Kier molecular flexibility index (Phi) is 6.99. The molecule has 2 aromatic rings. The first-order valence-electron chi connectivity index (χ1n) is 8.05. The van der Waals surface area contributed by atoms with Gasteiger partial charge in [0.05, 0.1) is 20.8 Å². The van der Waals surface area contributed by atoms with Crippen LogP contribution in [0, 0.1) is 0 Å². The molecular formula is C19H22N2O5. The van der Waals surface area contributed by atoms with Gasteiger partial charge in [0.25, 0.3) is 5.91 Å². The van der Waals surface area contributed by atoms with Crippen LogP contribution < -0.4 is 20.1 Å². The molecule has 2 amide bonds. The first-order chi connectivity index (χ1) is 12.6. The SMILES string of the molecule is COc1cccc(CNC(=O)C(CO)NC(=O)c2ccccc2)c1OC. The molecule has 1 atom stereocenters.